The molecule has 2 aromatic carbocycles. The molecular formula is C20H20N2O5S. The monoisotopic (exact) mass is 400 g/mol. The largest absolute Gasteiger partial charge is 0.481 e. The minimum absolute atomic E-state index is 0.0922. The van der Waals surface area contributed by atoms with Gasteiger partial charge in [-0.1, -0.05) is 42.5 Å². The Morgan fingerprint density at radius 3 is 2.18 bits per heavy atom. The van der Waals surface area contributed by atoms with Gasteiger partial charge >= 0.3 is 5.97 Å². The van der Waals surface area contributed by atoms with Crippen molar-refractivity contribution in [3.05, 3.63) is 66.7 Å². The molecule has 3 rings (SSSR count). The fourth-order valence-electron chi connectivity index (χ4n) is 3.12. The number of allylic oxidation sites excluding steroid dienone is 2. The Morgan fingerprint density at radius 1 is 0.893 bits per heavy atom. The van der Waals surface area contributed by atoms with Gasteiger partial charge in [0, 0.05) is 5.69 Å². The van der Waals surface area contributed by atoms with Crippen LogP contribution in [0.15, 0.2) is 71.6 Å². The number of hydrogen-bond acceptors (Lipinski definition) is 4. The molecule has 0 fully saturated rings. The molecule has 7 nitrogen and oxygen atoms in total. The van der Waals surface area contributed by atoms with Crippen molar-refractivity contribution in [3.63, 3.8) is 0 Å². The molecule has 0 radical (unpaired) electrons. The number of anilines is 2. The SMILES string of the molecule is O=C(O)C1CC=CCC1C(=O)Nc1ccccc1S(=O)(=O)Nc1ccccc1. The van der Waals surface area contributed by atoms with Crippen LogP contribution >= 0.6 is 0 Å². The molecule has 0 aromatic heterocycles. The molecule has 8 heteroatoms. The normalized spacial score (nSPS) is 19.0. The van der Waals surface area contributed by atoms with Crippen molar-refractivity contribution in [1.82, 2.24) is 0 Å². The molecule has 1 aliphatic rings. The second-order valence-corrected chi connectivity index (χ2v) is 8.10. The van der Waals surface area contributed by atoms with E-state index in [9.17, 15) is 23.1 Å². The fraction of sp³-hybridized carbons (Fsp3) is 0.200. The second-order valence-electron chi connectivity index (χ2n) is 6.45. The molecule has 2 unspecified atom stereocenters. The van der Waals surface area contributed by atoms with Crippen LogP contribution < -0.4 is 10.0 Å². The third kappa shape index (κ3) is 4.40. The number of nitrogens with one attached hydrogen (secondary N) is 2. The van der Waals surface area contributed by atoms with Gasteiger partial charge in [-0.25, -0.2) is 8.42 Å². The van der Waals surface area contributed by atoms with Crippen LogP contribution in [0.2, 0.25) is 0 Å². The quantitative estimate of drug-likeness (QED) is 0.645. The van der Waals surface area contributed by atoms with E-state index in [1.807, 2.05) is 0 Å². The first-order valence-electron chi connectivity index (χ1n) is 8.74. The fourth-order valence-corrected chi connectivity index (χ4v) is 4.35. The number of rotatable bonds is 6. The summed E-state index contributed by atoms with van der Waals surface area (Å²) in [4.78, 5) is 24.0. The van der Waals surface area contributed by atoms with Crippen molar-refractivity contribution in [1.29, 1.82) is 0 Å². The van der Waals surface area contributed by atoms with Gasteiger partial charge in [-0.2, -0.15) is 0 Å². The molecular weight excluding hydrogens is 380 g/mol. The van der Waals surface area contributed by atoms with Crippen molar-refractivity contribution >= 4 is 33.3 Å². The van der Waals surface area contributed by atoms with Crippen LogP contribution in [0.4, 0.5) is 11.4 Å². The molecule has 0 bridgehead atoms. The summed E-state index contributed by atoms with van der Waals surface area (Å²) >= 11 is 0. The number of aliphatic carboxylic acids is 1. The predicted molar refractivity (Wildman–Crippen MR) is 105 cm³/mol. The third-order valence-electron chi connectivity index (χ3n) is 4.55. The van der Waals surface area contributed by atoms with Gasteiger partial charge in [-0.15, -0.1) is 0 Å². The number of amides is 1. The van der Waals surface area contributed by atoms with Gasteiger partial charge in [0.15, 0.2) is 0 Å². The molecule has 0 aliphatic heterocycles. The minimum Gasteiger partial charge on any atom is -0.481 e. The highest BCUT2D eigenvalue weighted by Crippen LogP contribution is 2.29. The molecule has 0 heterocycles. The smallest absolute Gasteiger partial charge is 0.307 e. The number of carbonyl (C=O) groups excluding carboxylic acids is 1. The molecule has 146 valence electrons. The first kappa shape index (κ1) is 19.6. The van der Waals surface area contributed by atoms with E-state index in [1.54, 1.807) is 54.6 Å². The van der Waals surface area contributed by atoms with Gasteiger partial charge in [0.05, 0.1) is 17.5 Å². The van der Waals surface area contributed by atoms with Crippen LogP contribution in [0.25, 0.3) is 0 Å². The Labute approximate surface area is 163 Å². The Bertz CT molecular complexity index is 1000. The molecule has 1 amide bonds. The first-order valence-corrected chi connectivity index (χ1v) is 10.2. The van der Waals surface area contributed by atoms with Gasteiger partial charge in [-0.3, -0.25) is 14.3 Å². The molecule has 1 aliphatic carbocycles. The Balaban J connectivity index is 1.85. The van der Waals surface area contributed by atoms with Gasteiger partial charge in [0.2, 0.25) is 5.91 Å². The Morgan fingerprint density at radius 2 is 1.50 bits per heavy atom. The van der Waals surface area contributed by atoms with Crippen LogP contribution in [0.1, 0.15) is 12.8 Å². The van der Waals surface area contributed by atoms with E-state index >= 15 is 0 Å². The summed E-state index contributed by atoms with van der Waals surface area (Å²) in [6.45, 7) is 0. The predicted octanol–water partition coefficient (Wildman–Crippen LogP) is 3.09. The zero-order valence-corrected chi connectivity index (χ0v) is 15.7. The van der Waals surface area contributed by atoms with Crippen LogP contribution in [0, 0.1) is 11.8 Å². The Kier molecular flexibility index (Phi) is 5.79. The van der Waals surface area contributed by atoms with Crippen molar-refractivity contribution in [3.8, 4) is 0 Å². The van der Waals surface area contributed by atoms with E-state index in [0.29, 0.717) is 12.1 Å². The zero-order valence-electron chi connectivity index (χ0n) is 14.9. The van der Waals surface area contributed by atoms with Crippen molar-refractivity contribution in [2.75, 3.05) is 10.0 Å². The van der Waals surface area contributed by atoms with E-state index in [0.717, 1.165) is 0 Å². The summed E-state index contributed by atoms with van der Waals surface area (Å²) in [7, 11) is -3.95. The van der Waals surface area contributed by atoms with Gasteiger partial charge in [0.25, 0.3) is 10.0 Å². The van der Waals surface area contributed by atoms with Crippen molar-refractivity contribution in [2.24, 2.45) is 11.8 Å². The lowest BCUT2D eigenvalue weighted by Gasteiger charge is -2.24. The third-order valence-corrected chi connectivity index (χ3v) is 5.99. The summed E-state index contributed by atoms with van der Waals surface area (Å²) in [5.74, 6) is -3.16. The lowest BCUT2D eigenvalue weighted by Crippen LogP contribution is -2.35. The molecule has 0 saturated heterocycles. The van der Waals surface area contributed by atoms with E-state index in [4.69, 9.17) is 0 Å². The summed E-state index contributed by atoms with van der Waals surface area (Å²) in [5.41, 5.74) is 0.501. The van der Waals surface area contributed by atoms with Crippen LogP contribution in [-0.2, 0) is 19.6 Å². The number of hydrogen-bond donors (Lipinski definition) is 3. The molecule has 0 spiro atoms. The molecule has 2 atom stereocenters. The van der Waals surface area contributed by atoms with Crippen molar-refractivity contribution in [2.45, 2.75) is 17.7 Å². The van der Waals surface area contributed by atoms with Crippen LogP contribution in [0.5, 0.6) is 0 Å². The number of carboxylic acids is 1. The summed E-state index contributed by atoms with van der Waals surface area (Å²) in [6.07, 6.45) is 4.07. The average molecular weight is 400 g/mol. The highest BCUT2D eigenvalue weighted by Gasteiger charge is 2.34. The lowest BCUT2D eigenvalue weighted by molar-refractivity contribution is -0.146. The lowest BCUT2D eigenvalue weighted by atomic mass is 9.82. The molecule has 28 heavy (non-hydrogen) atoms. The molecule has 0 saturated carbocycles. The first-order chi connectivity index (χ1) is 13.4. The maximum absolute atomic E-state index is 12.8. The van der Waals surface area contributed by atoms with E-state index in [2.05, 4.69) is 10.0 Å². The number of para-hydroxylation sites is 2. The number of carbonyl (C=O) groups is 2. The van der Waals surface area contributed by atoms with Gasteiger partial charge in [-0.05, 0) is 37.1 Å². The zero-order chi connectivity index (χ0) is 20.1. The highest BCUT2D eigenvalue weighted by molar-refractivity contribution is 7.92. The topological polar surface area (TPSA) is 113 Å². The summed E-state index contributed by atoms with van der Waals surface area (Å²) in [6, 6.07) is 14.4. The number of carboxylic acid groups (broad SMARTS) is 1. The minimum atomic E-state index is -3.95. The number of sulfonamides is 1. The summed E-state index contributed by atoms with van der Waals surface area (Å²) in [5, 5.41) is 12.0. The van der Waals surface area contributed by atoms with Gasteiger partial charge in [0.1, 0.15) is 4.90 Å². The average Bonchev–Trinajstić information content (AvgIpc) is 2.68. The maximum Gasteiger partial charge on any atom is 0.307 e. The van der Waals surface area contributed by atoms with Crippen LogP contribution in [0.3, 0.4) is 0 Å². The second kappa shape index (κ2) is 8.26. The summed E-state index contributed by atoms with van der Waals surface area (Å²) < 4.78 is 28.0. The highest BCUT2D eigenvalue weighted by atomic mass is 32.2. The molecule has 3 N–H and O–H groups in total. The Hall–Kier alpha value is -3.13. The van der Waals surface area contributed by atoms with Gasteiger partial charge < -0.3 is 10.4 Å². The standard InChI is InChI=1S/C20H20N2O5S/c23-19(15-10-4-5-11-16(15)20(24)25)21-17-12-6-7-13-18(17)28(26,27)22-14-8-2-1-3-9-14/h1-9,12-13,15-16,22H,10-11H2,(H,21,23)(H,24,25). The van der Waals surface area contributed by atoms with Crippen molar-refractivity contribution < 1.29 is 23.1 Å². The number of benzene rings is 2. The molecule has 2 aromatic rings. The van der Waals surface area contributed by atoms with E-state index < -0.39 is 33.7 Å². The maximum atomic E-state index is 12.8. The van der Waals surface area contributed by atoms with E-state index in [-0.39, 0.29) is 17.0 Å². The van der Waals surface area contributed by atoms with Crippen LogP contribution in [-0.4, -0.2) is 25.4 Å². The van der Waals surface area contributed by atoms with E-state index in [1.165, 1.54) is 12.1 Å².